The second kappa shape index (κ2) is 6.75. The van der Waals surface area contributed by atoms with E-state index in [1.807, 2.05) is 0 Å². The van der Waals surface area contributed by atoms with Crippen LogP contribution < -0.4 is 0 Å². The van der Waals surface area contributed by atoms with E-state index in [1.165, 1.54) is 18.1 Å². The van der Waals surface area contributed by atoms with Crippen LogP contribution in [0.15, 0.2) is 22.7 Å². The predicted molar refractivity (Wildman–Crippen MR) is 80.9 cm³/mol. The first-order valence-corrected chi connectivity index (χ1v) is 7.61. The van der Waals surface area contributed by atoms with Gasteiger partial charge in [0.1, 0.15) is 11.2 Å². The smallest absolute Gasteiger partial charge is 0.313 e. The van der Waals surface area contributed by atoms with Gasteiger partial charge >= 0.3 is 5.97 Å². The number of carbonyl (C=O) groups is 2. The minimum absolute atomic E-state index is 0.0776. The van der Waals surface area contributed by atoms with Crippen molar-refractivity contribution in [3.05, 3.63) is 34.1 Å². The summed E-state index contributed by atoms with van der Waals surface area (Å²) in [4.78, 5) is 25.3. The maximum atomic E-state index is 13.2. The SMILES string of the molecule is COCC1(C(=O)O)CCN(C(=O)Cc2ccc(F)c(Br)c2)C1. The van der Waals surface area contributed by atoms with Gasteiger partial charge in [0.2, 0.25) is 5.91 Å². The first-order chi connectivity index (χ1) is 10.4. The second-order valence-electron chi connectivity index (χ2n) is 5.51. The van der Waals surface area contributed by atoms with Gasteiger partial charge in [-0.2, -0.15) is 0 Å². The summed E-state index contributed by atoms with van der Waals surface area (Å²) in [6, 6.07) is 4.40. The predicted octanol–water partition coefficient (Wildman–Crippen LogP) is 2.08. The molecule has 0 aromatic heterocycles. The number of methoxy groups -OCH3 is 1. The van der Waals surface area contributed by atoms with Crippen molar-refractivity contribution in [3.63, 3.8) is 0 Å². The van der Waals surface area contributed by atoms with E-state index in [0.29, 0.717) is 23.0 Å². The lowest BCUT2D eigenvalue weighted by Crippen LogP contribution is -2.40. The normalized spacial score (nSPS) is 21.1. The van der Waals surface area contributed by atoms with E-state index in [9.17, 15) is 19.1 Å². The fourth-order valence-corrected chi connectivity index (χ4v) is 3.08. The molecule has 1 amide bonds. The molecule has 1 unspecified atom stereocenters. The van der Waals surface area contributed by atoms with Crippen molar-refractivity contribution in [1.82, 2.24) is 4.90 Å². The van der Waals surface area contributed by atoms with Gasteiger partial charge in [-0.25, -0.2) is 4.39 Å². The number of likely N-dealkylation sites (tertiary alicyclic amines) is 1. The summed E-state index contributed by atoms with van der Waals surface area (Å²) < 4.78 is 18.5. The van der Waals surface area contributed by atoms with Gasteiger partial charge in [0.05, 0.1) is 17.5 Å². The van der Waals surface area contributed by atoms with Crippen LogP contribution in [0.2, 0.25) is 0 Å². The summed E-state index contributed by atoms with van der Waals surface area (Å²) in [7, 11) is 1.45. The van der Waals surface area contributed by atoms with Crippen molar-refractivity contribution in [2.24, 2.45) is 5.41 Å². The van der Waals surface area contributed by atoms with Gasteiger partial charge in [-0.15, -0.1) is 0 Å². The molecule has 1 aliphatic heterocycles. The number of nitrogens with zero attached hydrogens (tertiary/aromatic N) is 1. The van der Waals surface area contributed by atoms with E-state index in [2.05, 4.69) is 15.9 Å². The van der Waals surface area contributed by atoms with E-state index >= 15 is 0 Å². The number of benzene rings is 1. The molecule has 22 heavy (non-hydrogen) atoms. The summed E-state index contributed by atoms with van der Waals surface area (Å²) in [5.41, 5.74) is -0.355. The average molecular weight is 374 g/mol. The summed E-state index contributed by atoms with van der Waals surface area (Å²) in [5.74, 6) is -1.51. The summed E-state index contributed by atoms with van der Waals surface area (Å²) >= 11 is 3.08. The number of carboxylic acid groups (broad SMARTS) is 1. The Kier molecular flexibility index (Phi) is 5.18. The van der Waals surface area contributed by atoms with E-state index in [1.54, 1.807) is 12.1 Å². The maximum absolute atomic E-state index is 13.2. The molecule has 0 radical (unpaired) electrons. The number of halogens is 2. The summed E-state index contributed by atoms with van der Waals surface area (Å²) in [5, 5.41) is 9.39. The molecule has 0 spiro atoms. The molecule has 1 N–H and O–H groups in total. The minimum Gasteiger partial charge on any atom is -0.481 e. The Morgan fingerprint density at radius 1 is 1.50 bits per heavy atom. The molecular formula is C15H17BrFNO4. The fourth-order valence-electron chi connectivity index (χ4n) is 2.65. The van der Waals surface area contributed by atoms with Crippen LogP contribution in [-0.4, -0.2) is 48.7 Å². The van der Waals surface area contributed by atoms with Crippen molar-refractivity contribution in [3.8, 4) is 0 Å². The summed E-state index contributed by atoms with van der Waals surface area (Å²) in [6.07, 6.45) is 0.483. The van der Waals surface area contributed by atoms with Gasteiger partial charge < -0.3 is 14.7 Å². The summed E-state index contributed by atoms with van der Waals surface area (Å²) in [6.45, 7) is 0.600. The van der Waals surface area contributed by atoms with Crippen LogP contribution in [0.1, 0.15) is 12.0 Å². The molecule has 1 atom stereocenters. The Bertz CT molecular complexity index is 595. The molecule has 1 saturated heterocycles. The fraction of sp³-hybridized carbons (Fsp3) is 0.467. The van der Waals surface area contributed by atoms with Crippen LogP contribution in [0.3, 0.4) is 0 Å². The molecule has 7 heteroatoms. The lowest BCUT2D eigenvalue weighted by molar-refractivity contribution is -0.151. The van der Waals surface area contributed by atoms with Gasteiger partial charge in [0.25, 0.3) is 0 Å². The Morgan fingerprint density at radius 3 is 2.82 bits per heavy atom. The average Bonchev–Trinajstić information content (AvgIpc) is 2.89. The van der Waals surface area contributed by atoms with Crippen LogP contribution in [0.5, 0.6) is 0 Å². The third-order valence-corrected chi connectivity index (χ3v) is 4.53. The van der Waals surface area contributed by atoms with Gasteiger partial charge in [0.15, 0.2) is 0 Å². The number of rotatable bonds is 5. The van der Waals surface area contributed by atoms with Gasteiger partial charge in [-0.1, -0.05) is 6.07 Å². The first kappa shape index (κ1) is 16.9. The zero-order valence-corrected chi connectivity index (χ0v) is 13.7. The van der Waals surface area contributed by atoms with Crippen LogP contribution in [-0.2, 0) is 20.7 Å². The lowest BCUT2D eigenvalue weighted by atomic mass is 9.88. The standard InChI is InChI=1S/C15H17BrFNO4/c1-22-9-15(14(20)21)4-5-18(8-15)13(19)7-10-2-3-12(17)11(16)6-10/h2-3,6H,4-5,7-9H2,1H3,(H,20,21). The molecule has 0 aliphatic carbocycles. The highest BCUT2D eigenvalue weighted by Gasteiger charge is 2.46. The molecular weight excluding hydrogens is 357 g/mol. The molecule has 1 aromatic carbocycles. The van der Waals surface area contributed by atoms with Crippen LogP contribution >= 0.6 is 15.9 Å². The van der Waals surface area contributed by atoms with E-state index in [-0.39, 0.29) is 31.3 Å². The molecule has 5 nitrogen and oxygen atoms in total. The number of ether oxygens (including phenoxy) is 1. The highest BCUT2D eigenvalue weighted by atomic mass is 79.9. The molecule has 0 bridgehead atoms. The Hall–Kier alpha value is -1.47. The first-order valence-electron chi connectivity index (χ1n) is 6.82. The number of carboxylic acids is 1. The van der Waals surface area contributed by atoms with Crippen molar-refractivity contribution in [2.45, 2.75) is 12.8 Å². The molecule has 120 valence electrons. The van der Waals surface area contributed by atoms with E-state index < -0.39 is 11.4 Å². The van der Waals surface area contributed by atoms with Gasteiger partial charge in [0, 0.05) is 20.2 Å². The van der Waals surface area contributed by atoms with E-state index in [4.69, 9.17) is 4.74 Å². The third kappa shape index (κ3) is 3.47. The molecule has 1 aliphatic rings. The van der Waals surface area contributed by atoms with Crippen molar-refractivity contribution in [2.75, 3.05) is 26.8 Å². The maximum Gasteiger partial charge on any atom is 0.313 e. The van der Waals surface area contributed by atoms with Gasteiger partial charge in [-0.3, -0.25) is 9.59 Å². The molecule has 1 heterocycles. The highest BCUT2D eigenvalue weighted by molar-refractivity contribution is 9.10. The van der Waals surface area contributed by atoms with Gasteiger partial charge in [-0.05, 0) is 40.0 Å². The Morgan fingerprint density at radius 2 is 2.23 bits per heavy atom. The largest absolute Gasteiger partial charge is 0.481 e. The zero-order chi connectivity index (χ0) is 16.3. The highest BCUT2D eigenvalue weighted by Crippen LogP contribution is 2.31. The zero-order valence-electron chi connectivity index (χ0n) is 12.1. The quantitative estimate of drug-likeness (QED) is 0.857. The minimum atomic E-state index is -1.03. The number of carbonyl (C=O) groups excluding carboxylic acids is 1. The second-order valence-corrected chi connectivity index (χ2v) is 6.36. The van der Waals surface area contributed by atoms with Crippen LogP contribution in [0, 0.1) is 11.2 Å². The molecule has 2 rings (SSSR count). The number of hydrogen-bond donors (Lipinski definition) is 1. The molecule has 1 aromatic rings. The molecule has 0 saturated carbocycles. The number of amides is 1. The van der Waals surface area contributed by atoms with E-state index in [0.717, 1.165) is 0 Å². The Balaban J connectivity index is 2.05. The van der Waals surface area contributed by atoms with Crippen molar-refractivity contribution < 1.29 is 23.8 Å². The monoisotopic (exact) mass is 373 g/mol. The topological polar surface area (TPSA) is 66.8 Å². The van der Waals surface area contributed by atoms with Crippen LogP contribution in [0.25, 0.3) is 0 Å². The third-order valence-electron chi connectivity index (χ3n) is 3.92. The number of aliphatic carboxylic acids is 1. The van der Waals surface area contributed by atoms with Crippen molar-refractivity contribution >= 4 is 27.8 Å². The van der Waals surface area contributed by atoms with Crippen molar-refractivity contribution in [1.29, 1.82) is 0 Å². The number of hydrogen-bond acceptors (Lipinski definition) is 3. The molecule has 1 fully saturated rings. The lowest BCUT2D eigenvalue weighted by Gasteiger charge is -2.23. The van der Waals surface area contributed by atoms with Crippen LogP contribution in [0.4, 0.5) is 4.39 Å². The Labute approximate surface area is 136 Å².